The Kier molecular flexibility index (Phi) is 6.73. The molecule has 1 aliphatic rings. The molecular formula is C17H26N4O5. The minimum absolute atomic E-state index is 0.0268. The van der Waals surface area contributed by atoms with Gasteiger partial charge in [0.15, 0.2) is 0 Å². The summed E-state index contributed by atoms with van der Waals surface area (Å²) in [5.74, 6) is -1.19. The lowest BCUT2D eigenvalue weighted by Crippen LogP contribution is -2.44. The van der Waals surface area contributed by atoms with E-state index in [1.54, 1.807) is 20.8 Å². The highest BCUT2D eigenvalue weighted by Gasteiger charge is 2.23. The number of rotatable bonds is 7. The Labute approximate surface area is 151 Å². The van der Waals surface area contributed by atoms with Crippen LogP contribution in [0.4, 0.5) is 5.95 Å². The molecule has 1 aliphatic heterocycles. The zero-order chi connectivity index (χ0) is 19.3. The third-order valence-corrected chi connectivity index (χ3v) is 4.37. The van der Waals surface area contributed by atoms with E-state index in [9.17, 15) is 14.4 Å². The first kappa shape index (κ1) is 19.9. The summed E-state index contributed by atoms with van der Waals surface area (Å²) in [5.41, 5.74) is 0.737. The van der Waals surface area contributed by atoms with Crippen LogP contribution >= 0.6 is 0 Å². The maximum absolute atomic E-state index is 12.4. The van der Waals surface area contributed by atoms with Crippen molar-refractivity contribution in [1.29, 1.82) is 0 Å². The first-order chi connectivity index (χ1) is 12.3. The van der Waals surface area contributed by atoms with E-state index < -0.39 is 17.9 Å². The number of hydrogen-bond donors (Lipinski definition) is 3. The number of carboxylic acid groups (broad SMARTS) is 1. The van der Waals surface area contributed by atoms with Crippen LogP contribution in [0.3, 0.4) is 0 Å². The topological polar surface area (TPSA) is 125 Å². The molecule has 144 valence electrons. The van der Waals surface area contributed by atoms with Crippen LogP contribution in [0.2, 0.25) is 0 Å². The molecule has 0 aromatic carbocycles. The maximum atomic E-state index is 12.4. The van der Waals surface area contributed by atoms with Crippen LogP contribution in [0.1, 0.15) is 31.5 Å². The molecule has 2 heterocycles. The fraction of sp³-hybridized carbons (Fsp3) is 0.647. The summed E-state index contributed by atoms with van der Waals surface area (Å²) in [7, 11) is 0. The van der Waals surface area contributed by atoms with Crippen molar-refractivity contribution in [3.05, 3.63) is 21.6 Å². The highest BCUT2D eigenvalue weighted by molar-refractivity contribution is 5.83. The lowest BCUT2D eigenvalue weighted by atomic mass is 10.0. The van der Waals surface area contributed by atoms with E-state index in [1.165, 1.54) is 0 Å². The molecule has 0 unspecified atom stereocenters. The Morgan fingerprint density at radius 1 is 1.35 bits per heavy atom. The number of hydrogen-bond acceptors (Lipinski definition) is 6. The van der Waals surface area contributed by atoms with Gasteiger partial charge in [0, 0.05) is 30.8 Å². The second-order valence-electron chi connectivity index (χ2n) is 6.68. The minimum atomic E-state index is -1.07. The molecule has 1 saturated heterocycles. The zero-order valence-corrected chi connectivity index (χ0v) is 15.4. The van der Waals surface area contributed by atoms with Gasteiger partial charge >= 0.3 is 5.97 Å². The predicted octanol–water partition coefficient (Wildman–Crippen LogP) is 0.0729. The first-order valence-corrected chi connectivity index (χ1v) is 8.74. The number of amides is 1. The van der Waals surface area contributed by atoms with E-state index >= 15 is 0 Å². The van der Waals surface area contributed by atoms with Gasteiger partial charge in [0.2, 0.25) is 11.9 Å². The van der Waals surface area contributed by atoms with Crippen molar-refractivity contribution in [2.24, 2.45) is 5.92 Å². The zero-order valence-electron chi connectivity index (χ0n) is 15.4. The number of anilines is 1. The van der Waals surface area contributed by atoms with Crippen LogP contribution < -0.4 is 15.8 Å². The van der Waals surface area contributed by atoms with Crippen molar-refractivity contribution in [3.8, 4) is 0 Å². The van der Waals surface area contributed by atoms with Crippen LogP contribution in [0, 0.1) is 12.8 Å². The molecule has 9 nitrogen and oxygen atoms in total. The standard InChI is InChI=1S/C17H26N4O5/c1-10(2)14(16(24)25)19-13(22)5-4-12-11(3)18-17(20-15(12)23)21-6-8-26-9-7-21/h10,14H,4-9H2,1-3H3,(H,19,22)(H,24,25)(H,18,20,23)/t14-/m1/s1. The molecule has 0 saturated carbocycles. The van der Waals surface area contributed by atoms with Crippen LogP contribution in [0.25, 0.3) is 0 Å². The summed E-state index contributed by atoms with van der Waals surface area (Å²) in [4.78, 5) is 44.7. The van der Waals surface area contributed by atoms with Gasteiger partial charge in [-0.15, -0.1) is 0 Å². The molecule has 0 bridgehead atoms. The number of H-pyrrole nitrogens is 1. The summed E-state index contributed by atoms with van der Waals surface area (Å²) < 4.78 is 5.29. The van der Waals surface area contributed by atoms with Crippen molar-refractivity contribution < 1.29 is 19.4 Å². The molecule has 1 fully saturated rings. The smallest absolute Gasteiger partial charge is 0.326 e. The molecule has 1 atom stereocenters. The summed E-state index contributed by atoms with van der Waals surface area (Å²) in [6.45, 7) is 7.69. The number of aromatic amines is 1. The third-order valence-electron chi connectivity index (χ3n) is 4.37. The summed E-state index contributed by atoms with van der Waals surface area (Å²) in [5, 5.41) is 11.6. The Balaban J connectivity index is 2.02. The van der Waals surface area contributed by atoms with Crippen LogP contribution in [0.15, 0.2) is 4.79 Å². The molecule has 3 N–H and O–H groups in total. The molecule has 1 aromatic rings. The van der Waals surface area contributed by atoms with Crippen molar-refractivity contribution >= 4 is 17.8 Å². The van der Waals surface area contributed by atoms with Crippen LogP contribution in [-0.4, -0.2) is 59.3 Å². The van der Waals surface area contributed by atoms with Crippen molar-refractivity contribution in [2.75, 3.05) is 31.2 Å². The van der Waals surface area contributed by atoms with Gasteiger partial charge in [-0.25, -0.2) is 9.78 Å². The van der Waals surface area contributed by atoms with Gasteiger partial charge in [-0.1, -0.05) is 13.8 Å². The van der Waals surface area contributed by atoms with Gasteiger partial charge in [0.05, 0.1) is 13.2 Å². The molecule has 1 amide bonds. The average Bonchev–Trinajstić information content (AvgIpc) is 2.59. The van der Waals surface area contributed by atoms with E-state index in [0.29, 0.717) is 43.5 Å². The number of nitrogens with one attached hydrogen (secondary N) is 2. The largest absolute Gasteiger partial charge is 0.480 e. The Hall–Kier alpha value is -2.42. The summed E-state index contributed by atoms with van der Waals surface area (Å²) in [6.07, 6.45) is 0.229. The Morgan fingerprint density at radius 3 is 2.54 bits per heavy atom. The fourth-order valence-electron chi connectivity index (χ4n) is 2.81. The third kappa shape index (κ3) is 5.04. The minimum Gasteiger partial charge on any atom is -0.480 e. The number of aryl methyl sites for hydroxylation is 1. The predicted molar refractivity (Wildman–Crippen MR) is 95.4 cm³/mol. The number of aliphatic carboxylic acids is 1. The van der Waals surface area contributed by atoms with Crippen molar-refractivity contribution in [1.82, 2.24) is 15.3 Å². The number of carbonyl (C=O) groups excluding carboxylic acids is 1. The molecule has 0 spiro atoms. The second-order valence-corrected chi connectivity index (χ2v) is 6.68. The molecule has 0 aliphatic carbocycles. The van der Waals surface area contributed by atoms with Gasteiger partial charge in [-0.2, -0.15) is 0 Å². The lowest BCUT2D eigenvalue weighted by molar-refractivity contribution is -0.143. The van der Waals surface area contributed by atoms with E-state index in [-0.39, 0.29) is 24.3 Å². The normalized spacial score (nSPS) is 15.8. The van der Waals surface area contributed by atoms with E-state index in [4.69, 9.17) is 9.84 Å². The van der Waals surface area contributed by atoms with E-state index in [2.05, 4.69) is 15.3 Å². The summed E-state index contributed by atoms with van der Waals surface area (Å²) in [6, 6.07) is -0.941. The molecule has 1 aromatic heterocycles. The lowest BCUT2D eigenvalue weighted by Gasteiger charge is -2.27. The number of morpholine rings is 1. The fourth-order valence-corrected chi connectivity index (χ4v) is 2.81. The molecule has 9 heteroatoms. The van der Waals surface area contributed by atoms with Gasteiger partial charge in [-0.3, -0.25) is 14.6 Å². The Bertz CT molecular complexity index is 710. The van der Waals surface area contributed by atoms with Crippen LogP contribution in [-0.2, 0) is 20.7 Å². The molecule has 0 radical (unpaired) electrons. The monoisotopic (exact) mass is 366 g/mol. The molecule has 2 rings (SSSR count). The van der Waals surface area contributed by atoms with Gasteiger partial charge < -0.3 is 20.1 Å². The van der Waals surface area contributed by atoms with Crippen LogP contribution in [0.5, 0.6) is 0 Å². The number of aromatic nitrogens is 2. The average molecular weight is 366 g/mol. The van der Waals surface area contributed by atoms with Crippen molar-refractivity contribution in [3.63, 3.8) is 0 Å². The van der Waals surface area contributed by atoms with Gasteiger partial charge in [-0.05, 0) is 19.3 Å². The Morgan fingerprint density at radius 2 is 2.00 bits per heavy atom. The molecular weight excluding hydrogens is 340 g/mol. The van der Waals surface area contributed by atoms with E-state index in [1.807, 2.05) is 4.90 Å². The maximum Gasteiger partial charge on any atom is 0.326 e. The van der Waals surface area contributed by atoms with E-state index in [0.717, 1.165) is 0 Å². The second kappa shape index (κ2) is 8.79. The number of ether oxygens (including phenoxy) is 1. The first-order valence-electron chi connectivity index (χ1n) is 8.74. The quantitative estimate of drug-likeness (QED) is 0.624. The number of carboxylic acids is 1. The highest BCUT2D eigenvalue weighted by Crippen LogP contribution is 2.11. The number of nitrogens with zero attached hydrogens (tertiary/aromatic N) is 2. The SMILES string of the molecule is Cc1nc(N2CCOCC2)[nH]c(=O)c1CCC(=O)N[C@@H](C(=O)O)C(C)C. The number of carbonyl (C=O) groups is 2. The highest BCUT2D eigenvalue weighted by atomic mass is 16.5. The summed E-state index contributed by atoms with van der Waals surface area (Å²) >= 11 is 0. The molecule has 26 heavy (non-hydrogen) atoms. The van der Waals surface area contributed by atoms with Gasteiger partial charge in [0.1, 0.15) is 6.04 Å². The van der Waals surface area contributed by atoms with Crippen molar-refractivity contribution in [2.45, 2.75) is 39.7 Å². The van der Waals surface area contributed by atoms with Gasteiger partial charge in [0.25, 0.3) is 5.56 Å².